The van der Waals surface area contributed by atoms with Crippen LogP contribution >= 0.6 is 0 Å². The lowest BCUT2D eigenvalue weighted by Gasteiger charge is -2.19. The molecule has 3 heteroatoms. The van der Waals surface area contributed by atoms with Gasteiger partial charge >= 0.3 is 0 Å². The second kappa shape index (κ2) is 5.63. The van der Waals surface area contributed by atoms with E-state index in [2.05, 4.69) is 48.4 Å². The molecule has 20 heavy (non-hydrogen) atoms. The Balaban J connectivity index is 1.98. The number of aromatic nitrogens is 1. The van der Waals surface area contributed by atoms with Crippen LogP contribution in [0.3, 0.4) is 0 Å². The number of nitrogens with one attached hydrogen (secondary N) is 1. The van der Waals surface area contributed by atoms with E-state index in [1.54, 1.807) is 0 Å². The predicted octanol–water partition coefficient (Wildman–Crippen LogP) is 3.02. The van der Waals surface area contributed by atoms with E-state index in [9.17, 15) is 0 Å². The summed E-state index contributed by atoms with van der Waals surface area (Å²) in [4.78, 5) is 4.53. The Hall–Kier alpha value is -1.87. The van der Waals surface area contributed by atoms with Gasteiger partial charge in [0.15, 0.2) is 0 Å². The van der Waals surface area contributed by atoms with Crippen molar-refractivity contribution < 1.29 is 4.74 Å². The van der Waals surface area contributed by atoms with E-state index in [0.717, 1.165) is 31.0 Å². The summed E-state index contributed by atoms with van der Waals surface area (Å²) in [6, 6.07) is 10.8. The van der Waals surface area contributed by atoms with Gasteiger partial charge in [-0.15, -0.1) is 0 Å². The number of nitrogens with zero attached hydrogens (tertiary/aromatic N) is 1. The number of ether oxygens (including phenoxy) is 1. The summed E-state index contributed by atoms with van der Waals surface area (Å²) < 4.78 is 5.58. The van der Waals surface area contributed by atoms with E-state index in [1.165, 1.54) is 16.7 Å². The Labute approximate surface area is 120 Å². The second-order valence-corrected chi connectivity index (χ2v) is 5.21. The minimum atomic E-state index is 0.144. The Morgan fingerprint density at radius 3 is 3.00 bits per heavy atom. The highest BCUT2D eigenvalue weighted by Gasteiger charge is 2.18. The molecule has 104 valence electrons. The SMILES string of the molecule is CCNC(c1ccc2c(c1)CCO2)c1cc(C)ccn1. The molecule has 0 bridgehead atoms. The molecule has 0 saturated carbocycles. The quantitative estimate of drug-likeness (QED) is 0.925. The molecule has 0 radical (unpaired) electrons. The molecule has 1 N–H and O–H groups in total. The fraction of sp³-hybridized carbons (Fsp3) is 0.353. The molecule has 1 aromatic heterocycles. The zero-order chi connectivity index (χ0) is 13.9. The van der Waals surface area contributed by atoms with Crippen LogP contribution in [-0.4, -0.2) is 18.1 Å². The highest BCUT2D eigenvalue weighted by molar-refractivity contribution is 5.42. The zero-order valence-electron chi connectivity index (χ0n) is 12.0. The fourth-order valence-corrected chi connectivity index (χ4v) is 2.70. The maximum atomic E-state index is 5.58. The van der Waals surface area contributed by atoms with Gasteiger partial charge in [-0.05, 0) is 48.4 Å². The molecule has 0 aliphatic carbocycles. The first-order chi connectivity index (χ1) is 9.78. The minimum absolute atomic E-state index is 0.144. The van der Waals surface area contributed by atoms with Crippen LogP contribution in [0.15, 0.2) is 36.5 Å². The highest BCUT2D eigenvalue weighted by Crippen LogP contribution is 2.30. The van der Waals surface area contributed by atoms with Crippen LogP contribution in [0.5, 0.6) is 5.75 Å². The number of benzene rings is 1. The lowest BCUT2D eigenvalue weighted by atomic mass is 9.99. The maximum absolute atomic E-state index is 5.58. The smallest absolute Gasteiger partial charge is 0.122 e. The third kappa shape index (κ3) is 2.54. The van der Waals surface area contributed by atoms with Gasteiger partial charge in [0, 0.05) is 12.6 Å². The van der Waals surface area contributed by atoms with Gasteiger partial charge in [0.2, 0.25) is 0 Å². The predicted molar refractivity (Wildman–Crippen MR) is 80.1 cm³/mol. The number of aryl methyl sites for hydroxylation is 1. The van der Waals surface area contributed by atoms with Crippen LogP contribution in [0.4, 0.5) is 0 Å². The third-order valence-corrected chi connectivity index (χ3v) is 3.69. The van der Waals surface area contributed by atoms with Crippen LogP contribution in [-0.2, 0) is 6.42 Å². The standard InChI is InChI=1S/C17H20N2O/c1-3-18-17(15-10-12(2)6-8-19-15)14-4-5-16-13(11-14)7-9-20-16/h4-6,8,10-11,17-18H,3,7,9H2,1-2H3. The largest absolute Gasteiger partial charge is 0.493 e. The van der Waals surface area contributed by atoms with Gasteiger partial charge in [0.05, 0.1) is 18.3 Å². The Morgan fingerprint density at radius 1 is 1.30 bits per heavy atom. The van der Waals surface area contributed by atoms with Crippen molar-refractivity contribution in [1.29, 1.82) is 0 Å². The molecular formula is C17H20N2O. The number of pyridine rings is 1. The van der Waals surface area contributed by atoms with E-state index in [-0.39, 0.29) is 6.04 Å². The summed E-state index contributed by atoms with van der Waals surface area (Å²) in [5.41, 5.74) is 4.88. The van der Waals surface area contributed by atoms with E-state index >= 15 is 0 Å². The highest BCUT2D eigenvalue weighted by atomic mass is 16.5. The molecule has 3 nitrogen and oxygen atoms in total. The second-order valence-electron chi connectivity index (χ2n) is 5.21. The summed E-state index contributed by atoms with van der Waals surface area (Å²) in [7, 11) is 0. The molecule has 0 fully saturated rings. The van der Waals surface area contributed by atoms with Crippen LogP contribution in [0.2, 0.25) is 0 Å². The van der Waals surface area contributed by atoms with Crippen molar-refractivity contribution in [3.8, 4) is 5.75 Å². The number of rotatable bonds is 4. The van der Waals surface area contributed by atoms with E-state index < -0.39 is 0 Å². The maximum Gasteiger partial charge on any atom is 0.122 e. The van der Waals surface area contributed by atoms with Crippen molar-refractivity contribution in [1.82, 2.24) is 10.3 Å². The number of hydrogen-bond donors (Lipinski definition) is 1. The summed E-state index contributed by atoms with van der Waals surface area (Å²) >= 11 is 0. The zero-order valence-corrected chi connectivity index (χ0v) is 12.0. The van der Waals surface area contributed by atoms with Gasteiger partial charge in [-0.1, -0.05) is 19.1 Å². The molecule has 1 unspecified atom stereocenters. The van der Waals surface area contributed by atoms with E-state index in [1.807, 2.05) is 12.3 Å². The number of hydrogen-bond acceptors (Lipinski definition) is 3. The van der Waals surface area contributed by atoms with Gasteiger partial charge in [-0.25, -0.2) is 0 Å². The van der Waals surface area contributed by atoms with E-state index in [4.69, 9.17) is 4.74 Å². The first-order valence-electron chi connectivity index (χ1n) is 7.19. The minimum Gasteiger partial charge on any atom is -0.493 e. The van der Waals surface area contributed by atoms with Crippen molar-refractivity contribution in [2.75, 3.05) is 13.2 Å². The summed E-state index contributed by atoms with van der Waals surface area (Å²) in [5, 5.41) is 3.53. The summed E-state index contributed by atoms with van der Waals surface area (Å²) in [6.07, 6.45) is 2.88. The molecule has 2 heterocycles. The molecule has 2 aromatic rings. The first kappa shape index (κ1) is 13.1. The summed E-state index contributed by atoms with van der Waals surface area (Å²) in [6.45, 7) is 5.94. The van der Waals surface area contributed by atoms with Gasteiger partial charge in [0.25, 0.3) is 0 Å². The molecular weight excluding hydrogens is 248 g/mol. The topological polar surface area (TPSA) is 34.1 Å². The van der Waals surface area contributed by atoms with Gasteiger partial charge in [-0.2, -0.15) is 0 Å². The lowest BCUT2D eigenvalue weighted by molar-refractivity contribution is 0.357. The molecule has 1 aromatic carbocycles. The normalized spacial score (nSPS) is 14.7. The first-order valence-corrected chi connectivity index (χ1v) is 7.19. The monoisotopic (exact) mass is 268 g/mol. The number of fused-ring (bicyclic) bond motifs is 1. The average molecular weight is 268 g/mol. The van der Waals surface area contributed by atoms with Gasteiger partial charge < -0.3 is 10.1 Å². The molecule has 0 spiro atoms. The van der Waals surface area contributed by atoms with Crippen molar-refractivity contribution in [2.24, 2.45) is 0 Å². The van der Waals surface area contributed by atoms with Gasteiger partial charge in [-0.3, -0.25) is 4.98 Å². The van der Waals surface area contributed by atoms with Crippen molar-refractivity contribution in [3.63, 3.8) is 0 Å². The lowest BCUT2D eigenvalue weighted by Crippen LogP contribution is -2.23. The molecule has 0 saturated heterocycles. The average Bonchev–Trinajstić information content (AvgIpc) is 2.92. The van der Waals surface area contributed by atoms with Crippen LogP contribution < -0.4 is 10.1 Å². The van der Waals surface area contributed by atoms with Crippen molar-refractivity contribution >= 4 is 0 Å². The fourth-order valence-electron chi connectivity index (χ4n) is 2.70. The molecule has 0 amide bonds. The molecule has 1 atom stereocenters. The van der Waals surface area contributed by atoms with Crippen molar-refractivity contribution in [3.05, 3.63) is 58.9 Å². The van der Waals surface area contributed by atoms with Crippen LogP contribution in [0, 0.1) is 6.92 Å². The molecule has 1 aliphatic heterocycles. The molecule has 3 rings (SSSR count). The van der Waals surface area contributed by atoms with Crippen molar-refractivity contribution in [2.45, 2.75) is 26.3 Å². The Bertz CT molecular complexity index is 610. The Morgan fingerprint density at radius 2 is 2.20 bits per heavy atom. The van der Waals surface area contributed by atoms with Crippen LogP contribution in [0.1, 0.15) is 35.3 Å². The van der Waals surface area contributed by atoms with Gasteiger partial charge in [0.1, 0.15) is 5.75 Å². The van der Waals surface area contributed by atoms with E-state index in [0.29, 0.717) is 0 Å². The Kier molecular flexibility index (Phi) is 3.70. The summed E-state index contributed by atoms with van der Waals surface area (Å²) in [5.74, 6) is 1.03. The third-order valence-electron chi connectivity index (χ3n) is 3.69. The van der Waals surface area contributed by atoms with Crippen LogP contribution in [0.25, 0.3) is 0 Å². The molecule has 1 aliphatic rings.